The molecule has 0 saturated carbocycles. The summed E-state index contributed by atoms with van der Waals surface area (Å²) in [5.74, 6) is 0.622. The van der Waals surface area contributed by atoms with Gasteiger partial charge in [-0.2, -0.15) is 0 Å². The highest BCUT2D eigenvalue weighted by atomic mass is 35.5. The molecule has 0 saturated heterocycles. The molecule has 26 heavy (non-hydrogen) atoms. The molecule has 1 aromatic heterocycles. The number of nitrogens with zero attached hydrogens (tertiary/aromatic N) is 3. The van der Waals surface area contributed by atoms with Gasteiger partial charge in [0.15, 0.2) is 5.82 Å². The van der Waals surface area contributed by atoms with E-state index in [9.17, 15) is 9.18 Å². The quantitative estimate of drug-likeness (QED) is 0.652. The van der Waals surface area contributed by atoms with Crippen LogP contribution in [0.2, 0.25) is 5.02 Å². The topological polar surface area (TPSA) is 71.8 Å². The molecule has 2 aromatic carbocycles. The lowest BCUT2D eigenvalue weighted by Gasteiger charge is -2.12. The Balaban J connectivity index is 2.04. The van der Waals surface area contributed by atoms with Gasteiger partial charge in [0.1, 0.15) is 11.6 Å². The maximum atomic E-state index is 13.3. The zero-order valence-corrected chi connectivity index (χ0v) is 14.8. The first-order valence-corrected chi connectivity index (χ1v) is 8.38. The number of carbonyl (C=O) groups excluding carboxylic acids is 1. The fourth-order valence-electron chi connectivity index (χ4n) is 2.58. The van der Waals surface area contributed by atoms with Gasteiger partial charge in [0.2, 0.25) is 5.91 Å². The third-order valence-electron chi connectivity index (χ3n) is 3.77. The van der Waals surface area contributed by atoms with Crippen molar-refractivity contribution in [1.82, 2.24) is 25.6 Å². The predicted octanol–water partition coefficient (Wildman–Crippen LogP) is 2.91. The van der Waals surface area contributed by atoms with Crippen molar-refractivity contribution in [3.8, 4) is 17.1 Å². The second kappa shape index (κ2) is 8.07. The molecule has 6 nitrogen and oxygen atoms in total. The Bertz CT molecular complexity index is 910. The first-order chi connectivity index (χ1) is 12.6. The Hall–Kier alpha value is -2.77. The molecule has 3 rings (SSSR count). The maximum absolute atomic E-state index is 13.3. The summed E-state index contributed by atoms with van der Waals surface area (Å²) >= 11 is 6.36. The lowest BCUT2D eigenvalue weighted by molar-refractivity contribution is -0.121. The van der Waals surface area contributed by atoms with Crippen molar-refractivity contribution in [2.45, 2.75) is 12.8 Å². The summed E-state index contributed by atoms with van der Waals surface area (Å²) in [6.07, 6.45) is 0.597. The number of hydrogen-bond donors (Lipinski definition) is 2. The van der Waals surface area contributed by atoms with Crippen molar-refractivity contribution in [3.63, 3.8) is 0 Å². The van der Waals surface area contributed by atoms with Crippen molar-refractivity contribution in [1.29, 1.82) is 0 Å². The number of halogens is 2. The van der Waals surface area contributed by atoms with Crippen LogP contribution >= 0.6 is 11.6 Å². The second-order valence-electron chi connectivity index (χ2n) is 5.53. The third-order valence-corrected chi connectivity index (χ3v) is 4.09. The molecule has 8 heteroatoms. The number of hydrogen-bond acceptors (Lipinski definition) is 4. The third kappa shape index (κ3) is 3.89. The molecular weight excluding hydrogens is 357 g/mol. The van der Waals surface area contributed by atoms with Gasteiger partial charge in [-0.15, -0.1) is 10.2 Å². The van der Waals surface area contributed by atoms with Crippen LogP contribution in [0.1, 0.15) is 12.2 Å². The number of benzene rings is 2. The van der Waals surface area contributed by atoms with E-state index < -0.39 is 0 Å². The van der Waals surface area contributed by atoms with Crippen LogP contribution in [-0.2, 0) is 11.2 Å². The number of rotatable bonds is 6. The van der Waals surface area contributed by atoms with Crippen molar-refractivity contribution >= 4 is 17.5 Å². The van der Waals surface area contributed by atoms with E-state index in [4.69, 9.17) is 11.6 Å². The second-order valence-corrected chi connectivity index (χ2v) is 5.94. The number of amides is 1. The van der Waals surface area contributed by atoms with Crippen molar-refractivity contribution in [2.75, 3.05) is 7.05 Å². The average molecular weight is 374 g/mol. The molecule has 0 bridgehead atoms. The maximum Gasteiger partial charge on any atom is 0.234 e. The Morgan fingerprint density at radius 1 is 1.15 bits per heavy atom. The Kier molecular flexibility index (Phi) is 5.60. The van der Waals surface area contributed by atoms with Crippen LogP contribution in [0, 0.1) is 5.82 Å². The van der Waals surface area contributed by atoms with Gasteiger partial charge in [-0.3, -0.25) is 14.8 Å². The standard InChI is InChI=1S/C18H17ClFN5O/c1-21-23-17(26)11-10-16-22-24-18(12-6-8-13(20)9-7-12)25(16)15-5-3-2-4-14(15)19/h2-9,21H,10-11H2,1H3,(H,23,26). The van der Waals surface area contributed by atoms with Crippen LogP contribution in [0.4, 0.5) is 4.39 Å². The van der Waals surface area contributed by atoms with Crippen LogP contribution in [-0.4, -0.2) is 27.7 Å². The van der Waals surface area contributed by atoms with Gasteiger partial charge in [-0.05, 0) is 36.4 Å². The summed E-state index contributed by atoms with van der Waals surface area (Å²) < 4.78 is 15.1. The van der Waals surface area contributed by atoms with E-state index in [2.05, 4.69) is 21.0 Å². The van der Waals surface area contributed by atoms with E-state index in [-0.39, 0.29) is 18.1 Å². The fourth-order valence-corrected chi connectivity index (χ4v) is 2.80. The van der Waals surface area contributed by atoms with Gasteiger partial charge in [-0.25, -0.2) is 9.82 Å². The molecule has 1 amide bonds. The number of carbonyl (C=O) groups is 1. The smallest absolute Gasteiger partial charge is 0.234 e. The minimum absolute atomic E-state index is 0.162. The monoisotopic (exact) mass is 373 g/mol. The summed E-state index contributed by atoms with van der Waals surface area (Å²) in [5.41, 5.74) is 6.51. The van der Waals surface area contributed by atoms with Gasteiger partial charge in [0.05, 0.1) is 10.7 Å². The molecule has 0 aliphatic rings. The highest BCUT2D eigenvalue weighted by Crippen LogP contribution is 2.28. The zero-order valence-electron chi connectivity index (χ0n) is 14.0. The first kappa shape index (κ1) is 18.0. The lowest BCUT2D eigenvalue weighted by Crippen LogP contribution is -2.34. The minimum Gasteiger partial charge on any atom is -0.292 e. The predicted molar refractivity (Wildman–Crippen MR) is 97.3 cm³/mol. The van der Waals surface area contributed by atoms with Crippen LogP contribution in [0.25, 0.3) is 17.1 Å². The summed E-state index contributed by atoms with van der Waals surface area (Å²) in [6.45, 7) is 0. The van der Waals surface area contributed by atoms with Crippen molar-refractivity contribution < 1.29 is 9.18 Å². The molecule has 2 N–H and O–H groups in total. The Labute approximate surface area is 155 Å². The van der Waals surface area contributed by atoms with E-state index in [0.29, 0.717) is 34.3 Å². The Morgan fingerprint density at radius 2 is 1.88 bits per heavy atom. The Morgan fingerprint density at radius 3 is 2.58 bits per heavy atom. The summed E-state index contributed by atoms with van der Waals surface area (Å²) in [4.78, 5) is 11.7. The van der Waals surface area contributed by atoms with Gasteiger partial charge in [0.25, 0.3) is 0 Å². The summed E-state index contributed by atoms with van der Waals surface area (Å²) in [7, 11) is 1.62. The van der Waals surface area contributed by atoms with E-state index in [1.165, 1.54) is 12.1 Å². The molecule has 0 radical (unpaired) electrons. The molecular formula is C18H17ClFN5O. The average Bonchev–Trinajstić information content (AvgIpc) is 3.05. The number of hydrazine groups is 1. The van der Waals surface area contributed by atoms with Crippen LogP contribution in [0.15, 0.2) is 48.5 Å². The molecule has 0 atom stereocenters. The van der Waals surface area contributed by atoms with E-state index in [1.54, 1.807) is 29.8 Å². The molecule has 0 unspecified atom stereocenters. The molecule has 0 fully saturated rings. The van der Waals surface area contributed by atoms with Gasteiger partial charge >= 0.3 is 0 Å². The van der Waals surface area contributed by atoms with Crippen LogP contribution in [0.5, 0.6) is 0 Å². The first-order valence-electron chi connectivity index (χ1n) is 8.01. The number of para-hydroxylation sites is 1. The SMILES string of the molecule is CNNC(=O)CCc1nnc(-c2ccc(F)cc2)n1-c1ccccc1Cl. The largest absolute Gasteiger partial charge is 0.292 e. The van der Waals surface area contributed by atoms with Crippen molar-refractivity contribution in [2.24, 2.45) is 0 Å². The molecule has 1 heterocycles. The van der Waals surface area contributed by atoms with E-state index in [0.717, 1.165) is 0 Å². The summed E-state index contributed by atoms with van der Waals surface area (Å²) in [6, 6.07) is 13.3. The number of nitrogens with one attached hydrogen (secondary N) is 2. The number of aromatic nitrogens is 3. The molecule has 3 aromatic rings. The number of aryl methyl sites for hydroxylation is 1. The highest BCUT2D eigenvalue weighted by molar-refractivity contribution is 6.32. The van der Waals surface area contributed by atoms with Gasteiger partial charge in [0, 0.05) is 25.5 Å². The normalized spacial score (nSPS) is 10.7. The van der Waals surface area contributed by atoms with Crippen molar-refractivity contribution in [3.05, 3.63) is 65.2 Å². The molecule has 134 valence electrons. The highest BCUT2D eigenvalue weighted by Gasteiger charge is 2.18. The minimum atomic E-state index is -0.332. The van der Waals surface area contributed by atoms with E-state index in [1.807, 2.05) is 18.2 Å². The fraction of sp³-hybridized carbons (Fsp3) is 0.167. The molecule has 0 spiro atoms. The van der Waals surface area contributed by atoms with Crippen LogP contribution in [0.3, 0.4) is 0 Å². The van der Waals surface area contributed by atoms with Gasteiger partial charge < -0.3 is 0 Å². The van der Waals surface area contributed by atoms with Gasteiger partial charge in [-0.1, -0.05) is 23.7 Å². The molecule has 0 aliphatic carbocycles. The van der Waals surface area contributed by atoms with Crippen LogP contribution < -0.4 is 10.9 Å². The van der Waals surface area contributed by atoms with E-state index >= 15 is 0 Å². The lowest BCUT2D eigenvalue weighted by atomic mass is 10.2. The summed E-state index contributed by atoms with van der Waals surface area (Å²) in [5, 5.41) is 8.99. The zero-order chi connectivity index (χ0) is 18.5. The molecule has 0 aliphatic heterocycles.